The Morgan fingerprint density at radius 2 is 1.93 bits per heavy atom. The Bertz CT molecular complexity index is 865. The summed E-state index contributed by atoms with van der Waals surface area (Å²) in [6, 6.07) is 3.83. The number of halogens is 3. The van der Waals surface area contributed by atoms with E-state index in [1.807, 2.05) is 13.8 Å². The molecule has 2 amide bonds. The Kier molecular flexibility index (Phi) is 6.50. The fourth-order valence-electron chi connectivity index (χ4n) is 2.16. The highest BCUT2D eigenvalue weighted by molar-refractivity contribution is 7.22. The Balaban J connectivity index is 2.06. The summed E-state index contributed by atoms with van der Waals surface area (Å²) < 4.78 is 41.3. The van der Waals surface area contributed by atoms with E-state index >= 15 is 0 Å². The number of alkyl halides is 3. The molecule has 3 N–H and O–H groups in total. The van der Waals surface area contributed by atoms with Gasteiger partial charge in [0.1, 0.15) is 11.3 Å². The summed E-state index contributed by atoms with van der Waals surface area (Å²) in [4.78, 5) is 28.6. The molecule has 0 aliphatic heterocycles. The molecule has 2 aromatic rings. The van der Waals surface area contributed by atoms with Gasteiger partial charge in [-0.2, -0.15) is 0 Å². The van der Waals surface area contributed by atoms with E-state index in [-0.39, 0.29) is 29.4 Å². The van der Waals surface area contributed by atoms with Crippen LogP contribution in [-0.2, 0) is 9.59 Å². The van der Waals surface area contributed by atoms with Crippen LogP contribution in [0, 0.1) is 0 Å². The quantitative estimate of drug-likeness (QED) is 0.643. The Labute approximate surface area is 163 Å². The number of amides is 2. The minimum Gasteiger partial charge on any atom is -0.406 e. The minimum atomic E-state index is -4.79. The SMILES string of the molecule is CC(C)NCC(=O)NC(C)(C)C(=O)Nc1nc2ccc(OC(F)(F)F)cc2s1. The predicted molar refractivity (Wildman–Crippen MR) is 100 cm³/mol. The van der Waals surface area contributed by atoms with Crippen LogP contribution in [0.1, 0.15) is 27.7 Å². The monoisotopic (exact) mass is 418 g/mol. The molecule has 0 spiro atoms. The highest BCUT2D eigenvalue weighted by Crippen LogP contribution is 2.31. The van der Waals surface area contributed by atoms with Gasteiger partial charge in [0.2, 0.25) is 5.91 Å². The molecule has 0 aliphatic rings. The van der Waals surface area contributed by atoms with Crippen LogP contribution >= 0.6 is 11.3 Å². The van der Waals surface area contributed by atoms with Crippen molar-refractivity contribution in [3.05, 3.63) is 18.2 Å². The number of fused-ring (bicyclic) bond motifs is 1. The van der Waals surface area contributed by atoms with Crippen LogP contribution < -0.4 is 20.7 Å². The number of hydrogen-bond acceptors (Lipinski definition) is 6. The van der Waals surface area contributed by atoms with Gasteiger partial charge in [0.05, 0.1) is 16.8 Å². The standard InChI is InChI=1S/C17H21F3N4O3S/c1-9(2)21-8-13(25)24-16(3,4)14(26)23-15-22-11-6-5-10(7-12(11)28-15)27-17(18,19)20/h5-7,9,21H,8H2,1-4H3,(H,24,25)(H,22,23,26). The molecule has 0 atom stereocenters. The van der Waals surface area contributed by atoms with Crippen LogP contribution in [0.5, 0.6) is 5.75 Å². The van der Waals surface area contributed by atoms with Crippen molar-refractivity contribution in [2.45, 2.75) is 45.6 Å². The first-order valence-electron chi connectivity index (χ1n) is 8.38. The number of rotatable bonds is 7. The summed E-state index contributed by atoms with van der Waals surface area (Å²) in [5, 5.41) is 8.35. The lowest BCUT2D eigenvalue weighted by Crippen LogP contribution is -2.54. The third kappa shape index (κ3) is 6.34. The number of ether oxygens (including phenoxy) is 1. The zero-order valence-electron chi connectivity index (χ0n) is 15.7. The molecule has 2 rings (SSSR count). The second-order valence-electron chi connectivity index (χ2n) is 6.86. The van der Waals surface area contributed by atoms with Gasteiger partial charge in [0.25, 0.3) is 5.91 Å². The van der Waals surface area contributed by atoms with Crippen LogP contribution in [0.3, 0.4) is 0 Å². The van der Waals surface area contributed by atoms with Crippen LogP contribution in [0.4, 0.5) is 18.3 Å². The third-order valence-electron chi connectivity index (χ3n) is 3.50. The number of aromatic nitrogens is 1. The molecular weight excluding hydrogens is 397 g/mol. The van der Waals surface area contributed by atoms with Gasteiger partial charge in [-0.25, -0.2) is 4.98 Å². The topological polar surface area (TPSA) is 92.4 Å². The Morgan fingerprint density at radius 1 is 1.25 bits per heavy atom. The molecule has 154 valence electrons. The van der Waals surface area contributed by atoms with Crippen molar-refractivity contribution in [1.82, 2.24) is 15.6 Å². The molecule has 0 saturated heterocycles. The average molecular weight is 418 g/mol. The number of hydrogen-bond donors (Lipinski definition) is 3. The van der Waals surface area contributed by atoms with E-state index in [0.717, 1.165) is 17.4 Å². The summed E-state index contributed by atoms with van der Waals surface area (Å²) >= 11 is 0.999. The number of anilines is 1. The molecule has 28 heavy (non-hydrogen) atoms. The van der Waals surface area contributed by atoms with Gasteiger partial charge < -0.3 is 15.4 Å². The van der Waals surface area contributed by atoms with Gasteiger partial charge in [0.15, 0.2) is 5.13 Å². The van der Waals surface area contributed by atoms with Crippen LogP contribution in [0.15, 0.2) is 18.2 Å². The fraction of sp³-hybridized carbons (Fsp3) is 0.471. The minimum absolute atomic E-state index is 0.0670. The highest BCUT2D eigenvalue weighted by atomic mass is 32.1. The maximum atomic E-state index is 12.5. The Hall–Kier alpha value is -2.40. The number of carbonyl (C=O) groups excluding carboxylic acids is 2. The van der Waals surface area contributed by atoms with E-state index in [1.54, 1.807) is 0 Å². The average Bonchev–Trinajstić information content (AvgIpc) is 2.92. The molecule has 1 aromatic heterocycles. The van der Waals surface area contributed by atoms with E-state index in [2.05, 4.69) is 25.7 Å². The molecule has 7 nitrogen and oxygen atoms in total. The number of thiazole rings is 1. The van der Waals surface area contributed by atoms with Gasteiger partial charge in [-0.15, -0.1) is 13.2 Å². The van der Waals surface area contributed by atoms with E-state index < -0.39 is 17.8 Å². The molecule has 0 unspecified atom stereocenters. The summed E-state index contributed by atoms with van der Waals surface area (Å²) in [6.07, 6.45) is -4.79. The first-order chi connectivity index (χ1) is 12.9. The smallest absolute Gasteiger partial charge is 0.406 e. The Morgan fingerprint density at radius 3 is 2.54 bits per heavy atom. The van der Waals surface area contributed by atoms with Crippen molar-refractivity contribution in [3.8, 4) is 5.75 Å². The van der Waals surface area contributed by atoms with Crippen molar-refractivity contribution < 1.29 is 27.5 Å². The van der Waals surface area contributed by atoms with Gasteiger partial charge in [-0.05, 0) is 26.0 Å². The van der Waals surface area contributed by atoms with Crippen molar-refractivity contribution in [2.75, 3.05) is 11.9 Å². The predicted octanol–water partition coefficient (Wildman–Crippen LogP) is 3.03. The number of benzene rings is 1. The summed E-state index contributed by atoms with van der Waals surface area (Å²) in [7, 11) is 0. The molecule has 0 radical (unpaired) electrons. The van der Waals surface area contributed by atoms with Crippen LogP contribution in [-0.4, -0.2) is 41.3 Å². The van der Waals surface area contributed by atoms with Gasteiger partial charge in [0, 0.05) is 12.1 Å². The highest BCUT2D eigenvalue weighted by Gasteiger charge is 2.32. The van der Waals surface area contributed by atoms with Crippen molar-refractivity contribution in [1.29, 1.82) is 0 Å². The fourth-order valence-corrected chi connectivity index (χ4v) is 3.04. The number of nitrogens with zero attached hydrogens (tertiary/aromatic N) is 1. The first kappa shape index (κ1) is 21.9. The van der Waals surface area contributed by atoms with Crippen molar-refractivity contribution in [3.63, 3.8) is 0 Å². The zero-order chi connectivity index (χ0) is 21.1. The molecule has 11 heteroatoms. The van der Waals surface area contributed by atoms with E-state index in [9.17, 15) is 22.8 Å². The molecule has 1 heterocycles. The molecule has 1 aromatic carbocycles. The lowest BCUT2D eigenvalue weighted by atomic mass is 10.0. The third-order valence-corrected chi connectivity index (χ3v) is 4.44. The maximum Gasteiger partial charge on any atom is 0.573 e. The lowest BCUT2D eigenvalue weighted by molar-refractivity contribution is -0.274. The molecular formula is C17H21F3N4O3S. The summed E-state index contributed by atoms with van der Waals surface area (Å²) in [6.45, 7) is 6.93. The van der Waals surface area contributed by atoms with Gasteiger partial charge in [-0.1, -0.05) is 25.2 Å². The summed E-state index contributed by atoms with van der Waals surface area (Å²) in [5.41, 5.74) is -0.796. The zero-order valence-corrected chi connectivity index (χ0v) is 16.5. The molecule has 0 fully saturated rings. The second-order valence-corrected chi connectivity index (χ2v) is 7.89. The molecule has 0 aliphatic carbocycles. The first-order valence-corrected chi connectivity index (χ1v) is 9.19. The normalized spacial score (nSPS) is 12.3. The number of carbonyl (C=O) groups is 2. The largest absolute Gasteiger partial charge is 0.573 e. The maximum absolute atomic E-state index is 12.5. The van der Waals surface area contributed by atoms with E-state index in [0.29, 0.717) is 10.2 Å². The molecule has 0 saturated carbocycles. The molecule has 0 bridgehead atoms. The van der Waals surface area contributed by atoms with E-state index in [1.165, 1.54) is 26.0 Å². The summed E-state index contributed by atoms with van der Waals surface area (Å²) in [5.74, 6) is -1.21. The lowest BCUT2D eigenvalue weighted by Gasteiger charge is -2.24. The second kappa shape index (κ2) is 8.31. The van der Waals surface area contributed by atoms with Gasteiger partial charge >= 0.3 is 6.36 Å². The van der Waals surface area contributed by atoms with Crippen molar-refractivity contribution >= 4 is 38.5 Å². The van der Waals surface area contributed by atoms with Gasteiger partial charge in [-0.3, -0.25) is 14.9 Å². The van der Waals surface area contributed by atoms with Crippen LogP contribution in [0.2, 0.25) is 0 Å². The number of nitrogens with one attached hydrogen (secondary N) is 3. The van der Waals surface area contributed by atoms with E-state index in [4.69, 9.17) is 0 Å². The van der Waals surface area contributed by atoms with Crippen LogP contribution in [0.25, 0.3) is 10.2 Å². The van der Waals surface area contributed by atoms with Crippen molar-refractivity contribution in [2.24, 2.45) is 0 Å².